The Labute approximate surface area is 194 Å². The molecule has 0 saturated carbocycles. The Kier molecular flexibility index (Phi) is 5.89. The molecule has 0 unspecified atom stereocenters. The number of aromatic hydroxyl groups is 1. The molecule has 0 atom stereocenters. The van der Waals surface area contributed by atoms with Gasteiger partial charge >= 0.3 is 0 Å². The van der Waals surface area contributed by atoms with E-state index in [1.165, 1.54) is 4.80 Å². The molecule has 0 aliphatic carbocycles. The molecule has 4 aromatic rings. The summed E-state index contributed by atoms with van der Waals surface area (Å²) in [6, 6.07) is 19.5. The summed E-state index contributed by atoms with van der Waals surface area (Å²) in [6.45, 7) is 10.4. The summed E-state index contributed by atoms with van der Waals surface area (Å²) in [4.78, 5) is 1.50. The predicted octanol–water partition coefficient (Wildman–Crippen LogP) is 5.12. The number of nitrogens with zero attached hydrogens (tertiary/aromatic N) is 3. The lowest BCUT2D eigenvalue weighted by atomic mass is 9.74. The molecule has 0 amide bonds. The smallest absolute Gasteiger partial charge is 0.150 e. The van der Waals surface area contributed by atoms with Crippen molar-refractivity contribution in [2.24, 2.45) is 0 Å². The van der Waals surface area contributed by atoms with E-state index in [4.69, 9.17) is 4.74 Å². The zero-order chi connectivity index (χ0) is 23.8. The van der Waals surface area contributed by atoms with Crippen LogP contribution in [0, 0.1) is 0 Å². The molecule has 0 fully saturated rings. The lowest BCUT2D eigenvalue weighted by Gasteiger charge is -2.33. The second-order valence-electron chi connectivity index (χ2n) is 9.79. The first-order valence-electron chi connectivity index (χ1n) is 11.2. The third-order valence-corrected chi connectivity index (χ3v) is 6.00. The zero-order valence-corrected chi connectivity index (χ0v) is 19.8. The molecule has 0 aliphatic heterocycles. The largest absolute Gasteiger partial charge is 0.505 e. The molecule has 6 nitrogen and oxygen atoms in total. The fourth-order valence-corrected chi connectivity index (χ4v) is 4.19. The van der Waals surface area contributed by atoms with Crippen LogP contribution >= 0.6 is 0 Å². The molecular formula is C27H31N3O3. The normalized spacial score (nSPS) is 12.3. The van der Waals surface area contributed by atoms with Crippen molar-refractivity contribution < 1.29 is 14.9 Å². The summed E-state index contributed by atoms with van der Waals surface area (Å²) in [5, 5.41) is 30.4. The Hall–Kier alpha value is -3.38. The van der Waals surface area contributed by atoms with Gasteiger partial charge in [-0.1, -0.05) is 77.1 Å². The lowest BCUT2D eigenvalue weighted by Crippen LogP contribution is -2.25. The first kappa shape index (κ1) is 22.8. The molecule has 0 aliphatic rings. The van der Waals surface area contributed by atoms with Crippen LogP contribution in [0.1, 0.15) is 51.3 Å². The SMILES string of the molecule is CC(C)(C)c1cc(-n2nc3ccccc3n2)c(O)c(C(C)(C)c2ccccc2)c1OCCO. The fourth-order valence-electron chi connectivity index (χ4n) is 4.19. The van der Waals surface area contributed by atoms with E-state index >= 15 is 0 Å². The van der Waals surface area contributed by atoms with E-state index in [0.717, 1.165) is 22.2 Å². The average Bonchev–Trinajstić information content (AvgIpc) is 3.21. The Morgan fingerprint density at radius 1 is 0.879 bits per heavy atom. The van der Waals surface area contributed by atoms with Gasteiger partial charge in [-0.3, -0.25) is 0 Å². The van der Waals surface area contributed by atoms with Crippen LogP contribution in [0.15, 0.2) is 60.7 Å². The van der Waals surface area contributed by atoms with Crippen LogP contribution in [0.3, 0.4) is 0 Å². The summed E-state index contributed by atoms with van der Waals surface area (Å²) in [6.07, 6.45) is 0. The second-order valence-corrected chi connectivity index (χ2v) is 9.79. The Morgan fingerprint density at radius 2 is 1.45 bits per heavy atom. The van der Waals surface area contributed by atoms with Crippen LogP contribution in [0.2, 0.25) is 0 Å². The van der Waals surface area contributed by atoms with Gasteiger partial charge in [0.1, 0.15) is 29.1 Å². The number of benzene rings is 3. The van der Waals surface area contributed by atoms with Crippen molar-refractivity contribution >= 4 is 11.0 Å². The average molecular weight is 446 g/mol. The standard InChI is InChI=1S/C27H31N3O3/c1-26(2,3)19-17-22(30-28-20-13-9-10-14-21(20)29-30)24(32)23(25(19)33-16-15-31)27(4,5)18-11-7-6-8-12-18/h6-14,17,31-32H,15-16H2,1-5H3. The van der Waals surface area contributed by atoms with Gasteiger partial charge in [-0.05, 0) is 29.2 Å². The van der Waals surface area contributed by atoms with E-state index < -0.39 is 5.41 Å². The molecule has 4 rings (SSSR count). The maximum Gasteiger partial charge on any atom is 0.150 e. The van der Waals surface area contributed by atoms with E-state index in [1.807, 2.05) is 60.7 Å². The number of ether oxygens (including phenoxy) is 1. The number of fused-ring (bicyclic) bond motifs is 1. The van der Waals surface area contributed by atoms with E-state index in [2.05, 4.69) is 44.8 Å². The minimum Gasteiger partial charge on any atom is -0.505 e. The number of aliphatic hydroxyl groups excluding tert-OH is 1. The summed E-state index contributed by atoms with van der Waals surface area (Å²) < 4.78 is 6.12. The molecule has 1 heterocycles. The maximum absolute atomic E-state index is 11.7. The van der Waals surface area contributed by atoms with Crippen molar-refractivity contribution in [3.8, 4) is 17.2 Å². The van der Waals surface area contributed by atoms with Crippen molar-refractivity contribution in [2.45, 2.75) is 45.4 Å². The molecular weight excluding hydrogens is 414 g/mol. The lowest BCUT2D eigenvalue weighted by molar-refractivity contribution is 0.195. The van der Waals surface area contributed by atoms with Gasteiger partial charge in [-0.25, -0.2) is 0 Å². The number of phenols is 1. The monoisotopic (exact) mass is 445 g/mol. The molecule has 3 aromatic carbocycles. The van der Waals surface area contributed by atoms with Gasteiger partial charge in [0.2, 0.25) is 0 Å². The van der Waals surface area contributed by atoms with Gasteiger partial charge in [-0.2, -0.15) is 0 Å². The minimum atomic E-state index is -0.598. The van der Waals surface area contributed by atoms with Gasteiger partial charge < -0.3 is 14.9 Å². The van der Waals surface area contributed by atoms with Crippen LogP contribution in [0.25, 0.3) is 16.7 Å². The molecule has 33 heavy (non-hydrogen) atoms. The highest BCUT2D eigenvalue weighted by Crippen LogP contribution is 2.49. The van der Waals surface area contributed by atoms with Crippen molar-refractivity contribution in [2.75, 3.05) is 13.2 Å². The molecule has 172 valence electrons. The summed E-state index contributed by atoms with van der Waals surface area (Å²) in [5.41, 5.74) is 3.67. The fraction of sp³-hybridized carbons (Fsp3) is 0.333. The zero-order valence-electron chi connectivity index (χ0n) is 19.8. The summed E-state index contributed by atoms with van der Waals surface area (Å²) >= 11 is 0. The number of rotatable bonds is 6. The van der Waals surface area contributed by atoms with Crippen molar-refractivity contribution in [1.29, 1.82) is 0 Å². The molecule has 1 aromatic heterocycles. The molecule has 0 spiro atoms. The number of aliphatic hydroxyl groups is 1. The van der Waals surface area contributed by atoms with Crippen LogP contribution in [-0.2, 0) is 10.8 Å². The number of aromatic nitrogens is 3. The molecule has 0 bridgehead atoms. The van der Waals surface area contributed by atoms with Crippen molar-refractivity contribution in [3.05, 3.63) is 77.4 Å². The van der Waals surface area contributed by atoms with Gasteiger partial charge in [0, 0.05) is 16.5 Å². The number of hydrogen-bond donors (Lipinski definition) is 2. The quantitative estimate of drug-likeness (QED) is 0.431. The van der Waals surface area contributed by atoms with Crippen LogP contribution in [-0.4, -0.2) is 38.4 Å². The topological polar surface area (TPSA) is 80.4 Å². The van der Waals surface area contributed by atoms with E-state index in [0.29, 0.717) is 17.0 Å². The van der Waals surface area contributed by atoms with E-state index in [-0.39, 0.29) is 24.4 Å². The summed E-state index contributed by atoms with van der Waals surface area (Å²) in [5.74, 6) is 0.647. The molecule has 2 N–H and O–H groups in total. The highest BCUT2D eigenvalue weighted by molar-refractivity contribution is 5.74. The van der Waals surface area contributed by atoms with Crippen molar-refractivity contribution in [1.82, 2.24) is 15.0 Å². The van der Waals surface area contributed by atoms with Crippen LogP contribution < -0.4 is 4.74 Å². The van der Waals surface area contributed by atoms with Gasteiger partial charge in [0.25, 0.3) is 0 Å². The third kappa shape index (κ3) is 4.18. The number of hydrogen-bond acceptors (Lipinski definition) is 5. The van der Waals surface area contributed by atoms with Crippen LogP contribution in [0.5, 0.6) is 11.5 Å². The Morgan fingerprint density at radius 3 is 2.00 bits per heavy atom. The van der Waals surface area contributed by atoms with Crippen LogP contribution in [0.4, 0.5) is 0 Å². The van der Waals surface area contributed by atoms with Gasteiger partial charge in [0.15, 0.2) is 5.75 Å². The maximum atomic E-state index is 11.7. The molecule has 6 heteroatoms. The predicted molar refractivity (Wildman–Crippen MR) is 130 cm³/mol. The van der Waals surface area contributed by atoms with Gasteiger partial charge in [-0.15, -0.1) is 15.0 Å². The highest BCUT2D eigenvalue weighted by Gasteiger charge is 2.36. The first-order valence-corrected chi connectivity index (χ1v) is 11.2. The van der Waals surface area contributed by atoms with Crippen molar-refractivity contribution in [3.63, 3.8) is 0 Å². The third-order valence-electron chi connectivity index (χ3n) is 6.00. The minimum absolute atomic E-state index is 0.0603. The second kappa shape index (κ2) is 8.52. The summed E-state index contributed by atoms with van der Waals surface area (Å²) in [7, 11) is 0. The number of phenolic OH excluding ortho intramolecular Hbond substituents is 1. The molecule has 0 radical (unpaired) electrons. The van der Waals surface area contributed by atoms with E-state index in [9.17, 15) is 10.2 Å². The highest BCUT2D eigenvalue weighted by atomic mass is 16.5. The van der Waals surface area contributed by atoms with E-state index in [1.54, 1.807) is 0 Å². The Bertz CT molecular complexity index is 1240. The van der Waals surface area contributed by atoms with Gasteiger partial charge in [0.05, 0.1) is 6.61 Å². The molecule has 0 saturated heterocycles. The first-order chi connectivity index (χ1) is 15.6. The Balaban J connectivity index is 2.06.